The first-order chi connectivity index (χ1) is 5.99. The van der Waals surface area contributed by atoms with Gasteiger partial charge < -0.3 is 5.11 Å². The summed E-state index contributed by atoms with van der Waals surface area (Å²) in [6.07, 6.45) is 0. The predicted octanol–water partition coefficient (Wildman–Crippen LogP) is 2.51. The molecule has 0 aliphatic heterocycles. The number of rotatable bonds is 1. The Morgan fingerprint density at radius 1 is 1.38 bits per heavy atom. The molecule has 0 fully saturated rings. The molecule has 1 aromatic heterocycles. The summed E-state index contributed by atoms with van der Waals surface area (Å²) in [7, 11) is 0. The smallest absolute Gasteiger partial charge is 0.180 e. The molecule has 0 radical (unpaired) electrons. The number of alkyl halides is 3. The van der Waals surface area contributed by atoms with Crippen molar-refractivity contribution in [2.45, 2.75) is 24.7 Å². The third-order valence-corrected chi connectivity index (χ3v) is 1.44. The number of aromatic nitrogens is 2. The number of aryl methyl sites for hydroxylation is 2. The maximum Gasteiger partial charge on any atom is 0.180 e. The third kappa shape index (κ3) is 5.37. The van der Waals surface area contributed by atoms with E-state index in [0.29, 0.717) is 0 Å². The van der Waals surface area contributed by atoms with Gasteiger partial charge in [-0.2, -0.15) is 5.10 Å². The van der Waals surface area contributed by atoms with E-state index in [9.17, 15) is 0 Å². The molecule has 0 aliphatic rings. The molecule has 1 heterocycles. The van der Waals surface area contributed by atoms with E-state index in [1.165, 1.54) is 0 Å². The van der Waals surface area contributed by atoms with Crippen molar-refractivity contribution < 1.29 is 5.11 Å². The summed E-state index contributed by atoms with van der Waals surface area (Å²) in [5.41, 5.74) is 2.75. The van der Waals surface area contributed by atoms with Crippen LogP contribution in [0.5, 0.6) is 0 Å². The highest BCUT2D eigenvalue weighted by molar-refractivity contribution is 6.63. The third-order valence-electron chi connectivity index (χ3n) is 1.44. The lowest BCUT2D eigenvalue weighted by Gasteiger charge is -1.90. The van der Waals surface area contributed by atoms with Gasteiger partial charge in [0.2, 0.25) is 0 Å². The van der Waals surface area contributed by atoms with Crippen molar-refractivity contribution in [3.05, 3.63) is 17.0 Å². The number of aliphatic hydroxyl groups excluding tert-OH is 1. The minimum absolute atomic E-state index is 0.0775. The van der Waals surface area contributed by atoms with Crippen LogP contribution in [-0.4, -0.2) is 19.6 Å². The van der Waals surface area contributed by atoms with Crippen LogP contribution in [0, 0.1) is 13.8 Å². The fourth-order valence-electron chi connectivity index (χ4n) is 0.807. The average molecular weight is 246 g/mol. The molecule has 0 atom stereocenters. The van der Waals surface area contributed by atoms with Gasteiger partial charge in [0.15, 0.2) is 4.30 Å². The van der Waals surface area contributed by atoms with Gasteiger partial charge in [-0.3, -0.25) is 5.10 Å². The molecule has 76 valence electrons. The molecule has 0 amide bonds. The minimum atomic E-state index is -0.750. The van der Waals surface area contributed by atoms with E-state index < -0.39 is 4.30 Å². The number of hydrogen-bond acceptors (Lipinski definition) is 2. The van der Waals surface area contributed by atoms with Crippen molar-refractivity contribution in [1.82, 2.24) is 10.2 Å². The van der Waals surface area contributed by atoms with Crippen molar-refractivity contribution in [2.75, 3.05) is 0 Å². The average Bonchev–Trinajstić information content (AvgIpc) is 2.30. The molecule has 0 saturated carbocycles. The van der Waals surface area contributed by atoms with E-state index in [1.807, 2.05) is 13.8 Å². The van der Waals surface area contributed by atoms with Crippen LogP contribution in [0.15, 0.2) is 0 Å². The molecule has 0 aromatic carbocycles. The summed E-state index contributed by atoms with van der Waals surface area (Å²) in [4.78, 5) is 0. The molecule has 0 bridgehead atoms. The van der Waals surface area contributed by atoms with E-state index >= 15 is 0 Å². The summed E-state index contributed by atoms with van der Waals surface area (Å²) in [6, 6.07) is 0. The number of hydrogen-bond donors (Lipinski definition) is 2. The van der Waals surface area contributed by atoms with E-state index in [2.05, 4.69) is 10.2 Å². The van der Waals surface area contributed by atoms with Gasteiger partial charge in [0.1, 0.15) is 0 Å². The highest BCUT2D eigenvalue weighted by Crippen LogP contribution is 2.07. The van der Waals surface area contributed by atoms with Gasteiger partial charge in [-0.25, -0.2) is 0 Å². The lowest BCUT2D eigenvalue weighted by molar-refractivity contribution is 0.280. The Kier molecular flexibility index (Phi) is 6.51. The lowest BCUT2D eigenvalue weighted by atomic mass is 10.2. The highest BCUT2D eigenvalue weighted by Gasteiger charge is 2.02. The molecule has 0 saturated heterocycles. The summed E-state index contributed by atoms with van der Waals surface area (Å²) in [5.74, 6) is 0. The lowest BCUT2D eigenvalue weighted by Crippen LogP contribution is -1.85. The maximum atomic E-state index is 8.73. The summed E-state index contributed by atoms with van der Waals surface area (Å²) < 4.78 is -0.750. The van der Waals surface area contributed by atoms with Gasteiger partial charge in [0, 0.05) is 11.3 Å². The number of halogens is 3. The topological polar surface area (TPSA) is 48.9 Å². The van der Waals surface area contributed by atoms with E-state index in [0.717, 1.165) is 17.0 Å². The molecule has 1 rings (SSSR count). The van der Waals surface area contributed by atoms with Gasteiger partial charge in [-0.05, 0) is 13.8 Å². The van der Waals surface area contributed by atoms with E-state index in [1.54, 1.807) is 0 Å². The zero-order chi connectivity index (χ0) is 10.4. The molecular weight excluding hydrogens is 234 g/mol. The maximum absolute atomic E-state index is 8.73. The van der Waals surface area contributed by atoms with Crippen LogP contribution in [0.1, 0.15) is 17.0 Å². The Morgan fingerprint density at radius 3 is 2.00 bits per heavy atom. The van der Waals surface area contributed by atoms with Crippen LogP contribution in [0.3, 0.4) is 0 Å². The minimum Gasteiger partial charge on any atom is -0.392 e. The molecule has 2 N–H and O–H groups in total. The Balaban J connectivity index is 0.000000310. The Labute approximate surface area is 92.0 Å². The van der Waals surface area contributed by atoms with Crippen LogP contribution in [-0.2, 0) is 6.61 Å². The number of aromatic amines is 1. The Morgan fingerprint density at radius 2 is 1.85 bits per heavy atom. The fraction of sp³-hybridized carbons (Fsp3) is 0.571. The highest BCUT2D eigenvalue weighted by atomic mass is 35.6. The first-order valence-corrected chi connectivity index (χ1v) is 4.83. The standard InChI is InChI=1S/C6H10N2O.CHCl3/c1-4-6(3-9)5(2)8-7-4;2-1(3)4/h9H,3H2,1-2H3,(H,7,8);1H. The van der Waals surface area contributed by atoms with Crippen molar-refractivity contribution in [3.63, 3.8) is 0 Å². The Hall–Kier alpha value is 0.0400. The SMILES string of the molecule is Cc1n[nH]c(C)c1CO.ClC(Cl)Cl. The summed E-state index contributed by atoms with van der Waals surface area (Å²) in [5, 5.41) is 15.4. The molecule has 3 nitrogen and oxygen atoms in total. The van der Waals surface area contributed by atoms with Crippen LogP contribution < -0.4 is 0 Å². The first kappa shape index (κ1) is 13.0. The second kappa shape index (κ2) is 6.49. The van der Waals surface area contributed by atoms with Gasteiger partial charge in [0.05, 0.1) is 12.3 Å². The van der Waals surface area contributed by atoms with Crippen LogP contribution in [0.2, 0.25) is 0 Å². The molecule has 13 heavy (non-hydrogen) atoms. The van der Waals surface area contributed by atoms with Crippen molar-refractivity contribution >= 4 is 34.8 Å². The predicted molar refractivity (Wildman–Crippen MR) is 55.3 cm³/mol. The van der Waals surface area contributed by atoms with Crippen molar-refractivity contribution in [2.24, 2.45) is 0 Å². The molecule has 6 heteroatoms. The molecule has 0 unspecified atom stereocenters. The number of nitrogens with one attached hydrogen (secondary N) is 1. The molecule has 1 aromatic rings. The molecular formula is C7H11Cl3N2O. The van der Waals surface area contributed by atoms with Gasteiger partial charge in [-0.15, -0.1) is 0 Å². The van der Waals surface area contributed by atoms with E-state index in [-0.39, 0.29) is 6.61 Å². The fourth-order valence-corrected chi connectivity index (χ4v) is 0.807. The van der Waals surface area contributed by atoms with Crippen LogP contribution >= 0.6 is 34.8 Å². The second-order valence-corrected chi connectivity index (χ2v) is 4.30. The second-order valence-electron chi connectivity index (χ2n) is 2.32. The zero-order valence-corrected chi connectivity index (χ0v) is 9.58. The van der Waals surface area contributed by atoms with Crippen LogP contribution in [0.4, 0.5) is 0 Å². The molecule has 0 aliphatic carbocycles. The number of aliphatic hydroxyl groups is 1. The largest absolute Gasteiger partial charge is 0.392 e. The van der Waals surface area contributed by atoms with Gasteiger partial charge in [0.25, 0.3) is 0 Å². The quantitative estimate of drug-likeness (QED) is 0.747. The monoisotopic (exact) mass is 244 g/mol. The van der Waals surface area contributed by atoms with Gasteiger partial charge in [-0.1, -0.05) is 34.8 Å². The first-order valence-electron chi connectivity index (χ1n) is 3.52. The number of nitrogens with zero attached hydrogens (tertiary/aromatic N) is 1. The zero-order valence-electron chi connectivity index (χ0n) is 7.31. The van der Waals surface area contributed by atoms with Crippen molar-refractivity contribution in [3.8, 4) is 0 Å². The normalized spacial score (nSPS) is 9.77. The summed E-state index contributed by atoms with van der Waals surface area (Å²) >= 11 is 14.4. The van der Waals surface area contributed by atoms with E-state index in [4.69, 9.17) is 39.9 Å². The number of H-pyrrole nitrogens is 1. The van der Waals surface area contributed by atoms with Gasteiger partial charge >= 0.3 is 0 Å². The summed E-state index contributed by atoms with van der Waals surface area (Å²) in [6.45, 7) is 3.84. The van der Waals surface area contributed by atoms with Crippen molar-refractivity contribution in [1.29, 1.82) is 0 Å². The molecule has 0 spiro atoms. The van der Waals surface area contributed by atoms with Crippen LogP contribution in [0.25, 0.3) is 0 Å². The Bertz CT molecular complexity index is 228.